The summed E-state index contributed by atoms with van der Waals surface area (Å²) in [6.45, 7) is 0. The first-order chi connectivity index (χ1) is 6.16. The highest BCUT2D eigenvalue weighted by Gasteiger charge is 2.02. The number of aromatic hydroxyl groups is 1. The second kappa shape index (κ2) is 2.78. The number of halogens is 1. The van der Waals surface area contributed by atoms with Gasteiger partial charge in [-0.05, 0) is 29.1 Å². The highest BCUT2D eigenvalue weighted by Crippen LogP contribution is 2.19. The van der Waals surface area contributed by atoms with Gasteiger partial charge in [-0.3, -0.25) is 0 Å². The number of benzene rings is 1. The van der Waals surface area contributed by atoms with Crippen molar-refractivity contribution < 1.29 is 9.52 Å². The van der Waals surface area contributed by atoms with Crippen molar-refractivity contribution in [3.63, 3.8) is 0 Å². The van der Waals surface area contributed by atoms with Crippen LogP contribution in [0.4, 0.5) is 0 Å². The standard InChI is InChI=1S/C9H5ClO3/c10-8-3-5-1-2-6(11)4-7(5)9(12)13-8/h1-4,11H. The number of fused-ring (bicyclic) bond motifs is 1. The largest absolute Gasteiger partial charge is 0.508 e. The predicted octanol–water partition coefficient (Wildman–Crippen LogP) is 2.15. The Morgan fingerprint density at radius 2 is 2.08 bits per heavy atom. The van der Waals surface area contributed by atoms with E-state index in [0.29, 0.717) is 10.8 Å². The number of rotatable bonds is 0. The normalized spacial score (nSPS) is 10.5. The first kappa shape index (κ1) is 8.13. The van der Waals surface area contributed by atoms with Gasteiger partial charge in [-0.2, -0.15) is 0 Å². The van der Waals surface area contributed by atoms with Gasteiger partial charge >= 0.3 is 5.63 Å². The van der Waals surface area contributed by atoms with Crippen LogP contribution < -0.4 is 5.63 Å². The molecular formula is C9H5ClO3. The van der Waals surface area contributed by atoms with Crippen molar-refractivity contribution in [2.75, 3.05) is 0 Å². The molecular weight excluding hydrogens is 192 g/mol. The Morgan fingerprint density at radius 1 is 1.31 bits per heavy atom. The van der Waals surface area contributed by atoms with Gasteiger partial charge in [0.05, 0.1) is 5.39 Å². The van der Waals surface area contributed by atoms with Gasteiger partial charge in [0.2, 0.25) is 0 Å². The van der Waals surface area contributed by atoms with Crippen LogP contribution in [0.1, 0.15) is 0 Å². The molecule has 1 aromatic heterocycles. The lowest BCUT2D eigenvalue weighted by atomic mass is 10.2. The predicted molar refractivity (Wildman–Crippen MR) is 49.2 cm³/mol. The first-order valence-electron chi connectivity index (χ1n) is 3.59. The highest BCUT2D eigenvalue weighted by atomic mass is 35.5. The maximum absolute atomic E-state index is 11.2. The molecule has 0 spiro atoms. The molecule has 0 aliphatic rings. The third-order valence-corrected chi connectivity index (χ3v) is 1.90. The second-order valence-corrected chi connectivity index (χ2v) is 2.98. The van der Waals surface area contributed by atoms with E-state index in [4.69, 9.17) is 16.7 Å². The van der Waals surface area contributed by atoms with Crippen LogP contribution in [-0.2, 0) is 0 Å². The average molecular weight is 197 g/mol. The Morgan fingerprint density at radius 3 is 2.85 bits per heavy atom. The van der Waals surface area contributed by atoms with Crippen molar-refractivity contribution in [2.24, 2.45) is 0 Å². The summed E-state index contributed by atoms with van der Waals surface area (Å²) >= 11 is 5.53. The Kier molecular flexibility index (Phi) is 1.74. The highest BCUT2D eigenvalue weighted by molar-refractivity contribution is 6.29. The molecule has 0 radical (unpaired) electrons. The van der Waals surface area contributed by atoms with E-state index in [0.717, 1.165) is 0 Å². The fourth-order valence-corrected chi connectivity index (χ4v) is 1.33. The van der Waals surface area contributed by atoms with Gasteiger partial charge in [-0.1, -0.05) is 6.07 Å². The van der Waals surface area contributed by atoms with Crippen LogP contribution in [0, 0.1) is 0 Å². The van der Waals surface area contributed by atoms with E-state index in [2.05, 4.69) is 4.42 Å². The molecule has 66 valence electrons. The fourth-order valence-electron chi connectivity index (χ4n) is 1.14. The van der Waals surface area contributed by atoms with Crippen LogP contribution in [0.5, 0.6) is 5.75 Å². The molecule has 2 aromatic rings. The summed E-state index contributed by atoms with van der Waals surface area (Å²) in [5, 5.41) is 10.1. The van der Waals surface area contributed by atoms with E-state index >= 15 is 0 Å². The zero-order valence-corrected chi connectivity index (χ0v) is 7.21. The number of hydrogen-bond donors (Lipinski definition) is 1. The maximum Gasteiger partial charge on any atom is 0.345 e. The molecule has 0 fully saturated rings. The lowest BCUT2D eigenvalue weighted by Crippen LogP contribution is -1.98. The molecule has 0 amide bonds. The van der Waals surface area contributed by atoms with E-state index in [1.165, 1.54) is 18.2 Å². The fraction of sp³-hybridized carbons (Fsp3) is 0. The number of phenols is 1. The topological polar surface area (TPSA) is 50.4 Å². The minimum absolute atomic E-state index is 0.0297. The van der Waals surface area contributed by atoms with Gasteiger partial charge in [0.25, 0.3) is 0 Å². The van der Waals surface area contributed by atoms with Crippen molar-refractivity contribution in [1.29, 1.82) is 0 Å². The Labute approximate surface area is 78.2 Å². The maximum atomic E-state index is 11.2. The zero-order chi connectivity index (χ0) is 9.42. The van der Waals surface area contributed by atoms with Crippen LogP contribution in [0.2, 0.25) is 5.22 Å². The van der Waals surface area contributed by atoms with Crippen LogP contribution >= 0.6 is 11.6 Å². The van der Waals surface area contributed by atoms with Gasteiger partial charge in [0, 0.05) is 6.07 Å². The van der Waals surface area contributed by atoms with Crippen LogP contribution in [0.3, 0.4) is 0 Å². The van der Waals surface area contributed by atoms with Gasteiger partial charge in [0.1, 0.15) is 5.75 Å². The summed E-state index contributed by atoms with van der Waals surface area (Å²) in [5.74, 6) is 0.0297. The smallest absolute Gasteiger partial charge is 0.345 e. The number of phenolic OH excluding ortho intramolecular Hbond substituents is 1. The molecule has 0 saturated heterocycles. The van der Waals surface area contributed by atoms with Crippen molar-refractivity contribution in [1.82, 2.24) is 0 Å². The molecule has 3 nitrogen and oxygen atoms in total. The van der Waals surface area contributed by atoms with Crippen LogP contribution in [-0.4, -0.2) is 5.11 Å². The van der Waals surface area contributed by atoms with Gasteiger partial charge < -0.3 is 9.52 Å². The molecule has 0 saturated carbocycles. The molecule has 4 heteroatoms. The zero-order valence-electron chi connectivity index (χ0n) is 6.45. The Hall–Kier alpha value is -1.48. The van der Waals surface area contributed by atoms with Crippen molar-refractivity contribution in [3.8, 4) is 5.75 Å². The quantitative estimate of drug-likeness (QED) is 0.703. The summed E-state index contributed by atoms with van der Waals surface area (Å²) in [5.41, 5.74) is -0.543. The van der Waals surface area contributed by atoms with Crippen molar-refractivity contribution in [3.05, 3.63) is 39.9 Å². The van der Waals surface area contributed by atoms with Gasteiger partial charge in [-0.25, -0.2) is 4.79 Å². The van der Waals surface area contributed by atoms with Crippen LogP contribution in [0.15, 0.2) is 33.5 Å². The third-order valence-electron chi connectivity index (χ3n) is 1.72. The summed E-state index contributed by atoms with van der Waals surface area (Å²) in [4.78, 5) is 11.2. The van der Waals surface area contributed by atoms with Crippen molar-refractivity contribution >= 4 is 22.4 Å². The summed E-state index contributed by atoms with van der Waals surface area (Å²) in [6, 6.07) is 5.96. The van der Waals surface area contributed by atoms with E-state index in [1.54, 1.807) is 6.07 Å². The summed E-state index contributed by atoms with van der Waals surface area (Å²) < 4.78 is 4.64. The molecule has 0 aliphatic heterocycles. The van der Waals surface area contributed by atoms with E-state index in [9.17, 15) is 4.79 Å². The third kappa shape index (κ3) is 1.38. The lowest BCUT2D eigenvalue weighted by Gasteiger charge is -1.96. The number of hydrogen-bond acceptors (Lipinski definition) is 3. The Bertz CT molecular complexity index is 516. The summed E-state index contributed by atoms with van der Waals surface area (Å²) in [7, 11) is 0. The SMILES string of the molecule is O=c1oc(Cl)cc2ccc(O)cc12. The minimum Gasteiger partial charge on any atom is -0.508 e. The monoisotopic (exact) mass is 196 g/mol. The first-order valence-corrected chi connectivity index (χ1v) is 3.97. The molecule has 1 aromatic carbocycles. The second-order valence-electron chi connectivity index (χ2n) is 2.61. The molecule has 0 aliphatic carbocycles. The lowest BCUT2D eigenvalue weighted by molar-refractivity contribution is 0.475. The summed E-state index contributed by atoms with van der Waals surface area (Å²) in [6.07, 6.45) is 0. The van der Waals surface area contributed by atoms with E-state index in [1.807, 2.05) is 0 Å². The molecule has 0 atom stereocenters. The molecule has 2 rings (SSSR count). The molecule has 1 heterocycles. The van der Waals surface area contributed by atoms with Crippen molar-refractivity contribution in [2.45, 2.75) is 0 Å². The molecule has 13 heavy (non-hydrogen) atoms. The van der Waals surface area contributed by atoms with Gasteiger partial charge in [0.15, 0.2) is 5.22 Å². The molecule has 1 N–H and O–H groups in total. The van der Waals surface area contributed by atoms with E-state index in [-0.39, 0.29) is 11.0 Å². The van der Waals surface area contributed by atoms with E-state index < -0.39 is 5.63 Å². The van der Waals surface area contributed by atoms with Crippen LogP contribution in [0.25, 0.3) is 10.8 Å². The Balaban J connectivity index is 2.95. The minimum atomic E-state index is -0.543. The average Bonchev–Trinajstić information content (AvgIpc) is 2.06. The molecule has 0 bridgehead atoms. The van der Waals surface area contributed by atoms with Gasteiger partial charge in [-0.15, -0.1) is 0 Å². The molecule has 0 unspecified atom stereocenters.